The fourth-order valence-corrected chi connectivity index (χ4v) is 2.58. The second-order valence-electron chi connectivity index (χ2n) is 4.65. The van der Waals surface area contributed by atoms with E-state index in [-0.39, 0.29) is 18.0 Å². The zero-order chi connectivity index (χ0) is 16.1. The Bertz CT molecular complexity index is 618. The van der Waals surface area contributed by atoms with Gasteiger partial charge in [0.05, 0.1) is 11.4 Å². The Morgan fingerprint density at radius 1 is 1.41 bits per heavy atom. The summed E-state index contributed by atoms with van der Waals surface area (Å²) >= 11 is 1.03. The third-order valence-electron chi connectivity index (χ3n) is 3.03. The fraction of sp³-hybridized carbons (Fsp3) is 0.357. The molecule has 8 heteroatoms. The fourth-order valence-electron chi connectivity index (χ4n) is 2.02. The Morgan fingerprint density at radius 2 is 2.18 bits per heavy atom. The molecule has 1 aromatic rings. The lowest BCUT2D eigenvalue weighted by molar-refractivity contribution is -0.148. The maximum atomic E-state index is 12.1. The van der Waals surface area contributed by atoms with E-state index in [2.05, 4.69) is 10.1 Å². The number of carboxylic acids is 1. The minimum Gasteiger partial charge on any atom is -0.480 e. The van der Waals surface area contributed by atoms with E-state index in [0.717, 1.165) is 16.8 Å². The van der Waals surface area contributed by atoms with Gasteiger partial charge in [-0.3, -0.25) is 14.6 Å². The van der Waals surface area contributed by atoms with Crippen molar-refractivity contribution in [2.24, 2.45) is 5.10 Å². The number of amides is 1. The highest BCUT2D eigenvalue weighted by Gasteiger charge is 2.36. The maximum absolute atomic E-state index is 12.1. The van der Waals surface area contributed by atoms with Crippen molar-refractivity contribution in [3.05, 3.63) is 30.1 Å². The maximum Gasteiger partial charge on any atom is 0.329 e. The van der Waals surface area contributed by atoms with Gasteiger partial charge in [0.2, 0.25) is 5.91 Å². The molecule has 2 heterocycles. The Hall–Kier alpha value is -2.22. The number of pyridine rings is 1. The first-order valence-electron chi connectivity index (χ1n) is 6.66. The number of thioether (sulfide) groups is 1. The van der Waals surface area contributed by atoms with E-state index in [4.69, 9.17) is 0 Å². The summed E-state index contributed by atoms with van der Waals surface area (Å²) in [5.41, 5.74) is 1.03. The van der Waals surface area contributed by atoms with Gasteiger partial charge in [0, 0.05) is 31.7 Å². The van der Waals surface area contributed by atoms with E-state index in [9.17, 15) is 19.5 Å². The molecule has 0 aromatic carbocycles. The van der Waals surface area contributed by atoms with Crippen LogP contribution in [0.1, 0.15) is 25.5 Å². The van der Waals surface area contributed by atoms with Crippen molar-refractivity contribution in [1.82, 2.24) is 9.99 Å². The molecule has 1 aromatic heterocycles. The van der Waals surface area contributed by atoms with Gasteiger partial charge in [-0.05, 0) is 12.1 Å². The summed E-state index contributed by atoms with van der Waals surface area (Å²) in [7, 11) is 0. The van der Waals surface area contributed by atoms with Crippen molar-refractivity contribution in [3.63, 3.8) is 0 Å². The predicted molar refractivity (Wildman–Crippen MR) is 81.4 cm³/mol. The minimum atomic E-state index is -1.11. The van der Waals surface area contributed by atoms with E-state index in [1.165, 1.54) is 6.92 Å². The summed E-state index contributed by atoms with van der Waals surface area (Å²) in [5, 5.41) is 14.3. The van der Waals surface area contributed by atoms with Crippen LogP contribution in [0.2, 0.25) is 0 Å². The highest BCUT2D eigenvalue weighted by molar-refractivity contribution is 8.13. The number of nitrogens with zero attached hydrogens (tertiary/aromatic N) is 3. The summed E-state index contributed by atoms with van der Waals surface area (Å²) in [6.07, 6.45) is 1.77. The topological polar surface area (TPSA) is 99.9 Å². The van der Waals surface area contributed by atoms with Crippen LogP contribution in [0.15, 0.2) is 29.5 Å². The molecule has 1 unspecified atom stereocenters. The Kier molecular flexibility index (Phi) is 5.26. The third-order valence-corrected chi connectivity index (χ3v) is 3.85. The average molecular weight is 321 g/mol. The quantitative estimate of drug-likeness (QED) is 0.873. The SMILES string of the molecule is CC(=O)SCCC(=O)N1N=C(c2ccccn2)CC1C(=O)O. The molecule has 2 rings (SSSR count). The molecule has 1 aliphatic heterocycles. The average Bonchev–Trinajstić information content (AvgIpc) is 2.93. The lowest BCUT2D eigenvalue weighted by Crippen LogP contribution is -2.38. The van der Waals surface area contributed by atoms with Crippen molar-refractivity contribution in [3.8, 4) is 0 Å². The number of aromatic nitrogens is 1. The standard InChI is InChI=1S/C14H15N3O4S/c1-9(18)22-7-5-13(19)17-12(14(20)21)8-11(16-17)10-4-2-3-6-15-10/h2-4,6,12H,5,7-8H2,1H3,(H,20,21). The first-order valence-corrected chi connectivity index (χ1v) is 7.64. The zero-order valence-electron chi connectivity index (χ0n) is 11.9. The Labute approximate surface area is 131 Å². The smallest absolute Gasteiger partial charge is 0.329 e. The number of carboxylic acid groups (broad SMARTS) is 1. The molecule has 0 spiro atoms. The molecule has 1 N–H and O–H groups in total. The molecule has 1 amide bonds. The molecule has 0 aliphatic carbocycles. The van der Waals surface area contributed by atoms with Crippen LogP contribution in [-0.2, 0) is 14.4 Å². The highest BCUT2D eigenvalue weighted by Crippen LogP contribution is 2.21. The van der Waals surface area contributed by atoms with Gasteiger partial charge in [0.1, 0.15) is 0 Å². The number of rotatable bonds is 5. The first-order chi connectivity index (χ1) is 10.5. The van der Waals surface area contributed by atoms with Gasteiger partial charge >= 0.3 is 5.97 Å². The van der Waals surface area contributed by atoms with Gasteiger partial charge in [0.25, 0.3) is 0 Å². The third kappa shape index (κ3) is 3.91. The Balaban J connectivity index is 2.12. The number of hydrogen-bond acceptors (Lipinski definition) is 6. The molecule has 0 radical (unpaired) electrons. The monoisotopic (exact) mass is 321 g/mol. The zero-order valence-corrected chi connectivity index (χ0v) is 12.7. The second kappa shape index (κ2) is 7.17. The molecule has 0 saturated carbocycles. The summed E-state index contributed by atoms with van der Waals surface area (Å²) in [6, 6.07) is 4.22. The number of carbonyl (C=O) groups is 3. The van der Waals surface area contributed by atoms with Gasteiger partial charge < -0.3 is 5.11 Å². The Morgan fingerprint density at radius 3 is 2.77 bits per heavy atom. The first kappa shape index (κ1) is 16.2. The molecule has 1 atom stereocenters. The van der Waals surface area contributed by atoms with Crippen LogP contribution in [0, 0.1) is 0 Å². The van der Waals surface area contributed by atoms with E-state index in [1.807, 2.05) is 0 Å². The summed E-state index contributed by atoms with van der Waals surface area (Å²) in [5.74, 6) is -1.21. The molecule has 7 nitrogen and oxygen atoms in total. The van der Waals surface area contributed by atoms with E-state index < -0.39 is 17.9 Å². The number of aliphatic carboxylic acids is 1. The predicted octanol–water partition coefficient (Wildman–Crippen LogP) is 1.14. The van der Waals surface area contributed by atoms with Crippen molar-refractivity contribution in [2.75, 3.05) is 5.75 Å². The van der Waals surface area contributed by atoms with Crippen molar-refractivity contribution in [2.45, 2.75) is 25.8 Å². The second-order valence-corrected chi connectivity index (χ2v) is 5.92. The number of hydrogen-bond donors (Lipinski definition) is 1. The summed E-state index contributed by atoms with van der Waals surface area (Å²) < 4.78 is 0. The van der Waals surface area contributed by atoms with Crippen LogP contribution in [-0.4, -0.2) is 49.6 Å². The van der Waals surface area contributed by atoms with E-state index in [1.54, 1.807) is 24.4 Å². The molecular weight excluding hydrogens is 306 g/mol. The van der Waals surface area contributed by atoms with Crippen molar-refractivity contribution >= 4 is 34.5 Å². The molecule has 0 saturated heterocycles. The molecule has 0 fully saturated rings. The molecular formula is C14H15N3O4S. The molecule has 22 heavy (non-hydrogen) atoms. The van der Waals surface area contributed by atoms with Crippen molar-refractivity contribution in [1.29, 1.82) is 0 Å². The van der Waals surface area contributed by atoms with Crippen LogP contribution in [0.25, 0.3) is 0 Å². The van der Waals surface area contributed by atoms with E-state index in [0.29, 0.717) is 17.2 Å². The van der Waals surface area contributed by atoms with Gasteiger partial charge in [-0.1, -0.05) is 17.8 Å². The number of carbonyl (C=O) groups excluding carboxylic acids is 2. The van der Waals surface area contributed by atoms with Gasteiger partial charge in [0.15, 0.2) is 11.2 Å². The van der Waals surface area contributed by atoms with Gasteiger partial charge in [-0.2, -0.15) is 5.10 Å². The highest BCUT2D eigenvalue weighted by atomic mass is 32.2. The van der Waals surface area contributed by atoms with Gasteiger partial charge in [-0.25, -0.2) is 9.80 Å². The minimum absolute atomic E-state index is 0.0625. The number of hydrazone groups is 1. The van der Waals surface area contributed by atoms with Crippen LogP contribution >= 0.6 is 11.8 Å². The van der Waals surface area contributed by atoms with Crippen LogP contribution in [0.4, 0.5) is 0 Å². The molecule has 116 valence electrons. The lowest BCUT2D eigenvalue weighted by atomic mass is 10.1. The lowest BCUT2D eigenvalue weighted by Gasteiger charge is -2.17. The molecule has 1 aliphatic rings. The van der Waals surface area contributed by atoms with E-state index >= 15 is 0 Å². The van der Waals surface area contributed by atoms with Crippen LogP contribution < -0.4 is 0 Å². The van der Waals surface area contributed by atoms with Gasteiger partial charge in [-0.15, -0.1) is 0 Å². The summed E-state index contributed by atoms with van der Waals surface area (Å²) in [6.45, 7) is 1.42. The largest absolute Gasteiger partial charge is 0.480 e. The molecule has 0 bridgehead atoms. The van der Waals surface area contributed by atoms with Crippen LogP contribution in [0.5, 0.6) is 0 Å². The normalized spacial score (nSPS) is 17.2. The van der Waals surface area contributed by atoms with Crippen molar-refractivity contribution < 1.29 is 19.5 Å². The van der Waals surface area contributed by atoms with Crippen LogP contribution in [0.3, 0.4) is 0 Å². The summed E-state index contributed by atoms with van der Waals surface area (Å²) in [4.78, 5) is 38.4.